The number of nitrogen functional groups attached to an aromatic ring is 2. The minimum atomic E-state index is -0.493. The number of aryl methyl sites for hydroxylation is 4. The van der Waals surface area contributed by atoms with Crippen LogP contribution in [0.3, 0.4) is 0 Å². The second-order valence-electron chi connectivity index (χ2n) is 8.92. The highest BCUT2D eigenvalue weighted by Gasteiger charge is 2.39. The van der Waals surface area contributed by atoms with E-state index in [0.29, 0.717) is 0 Å². The summed E-state index contributed by atoms with van der Waals surface area (Å²) in [6.45, 7) is 8.57. The minimum Gasteiger partial charge on any atom is -0.398 e. The SMILES string of the molecule is CCc1cc(C(c2ccccc2)(c2ccccc2)c2cc(C)c(N)c(CC)c2)cc(C)c1N. The normalized spacial score (nSPS) is 11.5. The fourth-order valence-electron chi connectivity index (χ4n) is 5.14. The maximum atomic E-state index is 6.49. The zero-order chi connectivity index (χ0) is 23.6. The van der Waals surface area contributed by atoms with Crippen molar-refractivity contribution in [3.63, 3.8) is 0 Å². The largest absolute Gasteiger partial charge is 0.398 e. The quantitative estimate of drug-likeness (QED) is 0.254. The summed E-state index contributed by atoms with van der Waals surface area (Å²) in [7, 11) is 0. The average Bonchev–Trinajstić information content (AvgIpc) is 2.85. The van der Waals surface area contributed by atoms with Crippen molar-refractivity contribution >= 4 is 11.4 Å². The summed E-state index contributed by atoms with van der Waals surface area (Å²) in [6.07, 6.45) is 1.78. The molecule has 33 heavy (non-hydrogen) atoms. The Kier molecular flexibility index (Phi) is 6.29. The highest BCUT2D eigenvalue weighted by atomic mass is 14.6. The van der Waals surface area contributed by atoms with Crippen molar-refractivity contribution in [2.45, 2.75) is 46.0 Å². The summed E-state index contributed by atoms with van der Waals surface area (Å²) in [5.41, 5.74) is 23.8. The second kappa shape index (κ2) is 9.15. The molecular formula is C31H34N2. The lowest BCUT2D eigenvalue weighted by Crippen LogP contribution is -2.32. The van der Waals surface area contributed by atoms with Crippen LogP contribution in [-0.2, 0) is 18.3 Å². The number of benzene rings is 4. The zero-order valence-corrected chi connectivity index (χ0v) is 20.2. The van der Waals surface area contributed by atoms with Crippen LogP contribution in [0.2, 0.25) is 0 Å². The first-order valence-electron chi connectivity index (χ1n) is 11.8. The fraction of sp³-hybridized carbons (Fsp3) is 0.226. The van der Waals surface area contributed by atoms with Crippen molar-refractivity contribution in [3.05, 3.63) is 129 Å². The van der Waals surface area contributed by atoms with Gasteiger partial charge in [-0.05, 0) is 71.2 Å². The molecule has 0 aliphatic carbocycles. The number of hydrogen-bond donors (Lipinski definition) is 2. The van der Waals surface area contributed by atoms with Gasteiger partial charge in [0.1, 0.15) is 0 Å². The third-order valence-electron chi connectivity index (χ3n) is 6.99. The molecule has 0 aliphatic heterocycles. The fourth-order valence-corrected chi connectivity index (χ4v) is 5.14. The van der Waals surface area contributed by atoms with Gasteiger partial charge in [-0.1, -0.05) is 98.8 Å². The molecule has 0 saturated carbocycles. The molecular weight excluding hydrogens is 400 g/mol. The molecule has 4 aromatic carbocycles. The lowest BCUT2D eigenvalue weighted by Gasteiger charge is -2.38. The predicted octanol–water partition coefficient (Wildman–Crippen LogP) is 6.98. The molecule has 0 aromatic heterocycles. The van der Waals surface area contributed by atoms with Crippen molar-refractivity contribution < 1.29 is 0 Å². The van der Waals surface area contributed by atoms with Crippen LogP contribution in [0.1, 0.15) is 58.4 Å². The lowest BCUT2D eigenvalue weighted by atomic mass is 9.64. The smallest absolute Gasteiger partial charge is 0.0702 e. The molecule has 4 N–H and O–H groups in total. The number of hydrogen-bond acceptors (Lipinski definition) is 2. The maximum Gasteiger partial charge on any atom is 0.0702 e. The van der Waals surface area contributed by atoms with Crippen LogP contribution < -0.4 is 11.5 Å². The standard InChI is InChI=1S/C31H34N2/c1-5-23-19-27(17-21(3)29(23)32)31(25-13-9-7-10-14-25,26-15-11-8-12-16-26)28-18-22(4)30(33)24(6-2)20-28/h7-20H,5-6,32-33H2,1-4H3. The van der Waals surface area contributed by atoms with Gasteiger partial charge in [-0.3, -0.25) is 0 Å². The van der Waals surface area contributed by atoms with E-state index in [1.807, 2.05) is 0 Å². The molecule has 168 valence electrons. The monoisotopic (exact) mass is 434 g/mol. The molecule has 0 amide bonds. The van der Waals surface area contributed by atoms with Gasteiger partial charge in [0, 0.05) is 11.4 Å². The van der Waals surface area contributed by atoms with Crippen LogP contribution in [0.4, 0.5) is 11.4 Å². The van der Waals surface area contributed by atoms with Gasteiger partial charge in [0.05, 0.1) is 5.41 Å². The first kappa shape index (κ1) is 22.7. The van der Waals surface area contributed by atoms with E-state index in [9.17, 15) is 0 Å². The molecule has 2 heteroatoms. The van der Waals surface area contributed by atoms with Gasteiger partial charge in [0.25, 0.3) is 0 Å². The minimum absolute atomic E-state index is 0.493. The van der Waals surface area contributed by atoms with Crippen molar-refractivity contribution in [3.8, 4) is 0 Å². The molecule has 2 nitrogen and oxygen atoms in total. The molecule has 0 saturated heterocycles. The first-order chi connectivity index (χ1) is 15.9. The van der Waals surface area contributed by atoms with Crippen molar-refractivity contribution in [2.24, 2.45) is 0 Å². The second-order valence-corrected chi connectivity index (χ2v) is 8.92. The van der Waals surface area contributed by atoms with E-state index in [2.05, 4.69) is 113 Å². The Labute approximate surface area is 198 Å². The van der Waals surface area contributed by atoms with Crippen molar-refractivity contribution in [1.82, 2.24) is 0 Å². The Morgan fingerprint density at radius 3 is 1.24 bits per heavy atom. The van der Waals surface area contributed by atoms with Crippen LogP contribution >= 0.6 is 0 Å². The van der Waals surface area contributed by atoms with Gasteiger partial charge in [0.2, 0.25) is 0 Å². The van der Waals surface area contributed by atoms with Gasteiger partial charge in [-0.25, -0.2) is 0 Å². The Morgan fingerprint density at radius 2 is 0.909 bits per heavy atom. The summed E-state index contributed by atoms with van der Waals surface area (Å²) in [5.74, 6) is 0. The van der Waals surface area contributed by atoms with Crippen molar-refractivity contribution in [1.29, 1.82) is 0 Å². The molecule has 0 radical (unpaired) electrons. The number of rotatable bonds is 6. The molecule has 0 bridgehead atoms. The zero-order valence-electron chi connectivity index (χ0n) is 20.2. The van der Waals surface area contributed by atoms with Gasteiger partial charge in [-0.2, -0.15) is 0 Å². The van der Waals surface area contributed by atoms with Gasteiger partial charge in [-0.15, -0.1) is 0 Å². The Morgan fingerprint density at radius 1 is 0.545 bits per heavy atom. The van der Waals surface area contributed by atoms with Gasteiger partial charge in [0.15, 0.2) is 0 Å². The molecule has 0 spiro atoms. The highest BCUT2D eigenvalue weighted by Crippen LogP contribution is 2.47. The highest BCUT2D eigenvalue weighted by molar-refractivity contribution is 5.67. The summed E-state index contributed by atoms with van der Waals surface area (Å²) >= 11 is 0. The summed E-state index contributed by atoms with van der Waals surface area (Å²) < 4.78 is 0. The molecule has 0 fully saturated rings. The van der Waals surface area contributed by atoms with Crippen LogP contribution in [0, 0.1) is 13.8 Å². The molecule has 4 rings (SSSR count). The van der Waals surface area contributed by atoms with E-state index in [-0.39, 0.29) is 0 Å². The Hall–Kier alpha value is -3.52. The Balaban J connectivity index is 2.22. The third kappa shape index (κ3) is 3.80. The maximum absolute atomic E-state index is 6.49. The molecule has 0 atom stereocenters. The molecule has 0 heterocycles. The molecule has 0 aliphatic rings. The van der Waals surface area contributed by atoms with E-state index >= 15 is 0 Å². The van der Waals surface area contributed by atoms with Crippen LogP contribution in [0.25, 0.3) is 0 Å². The number of nitrogens with two attached hydrogens (primary N) is 2. The summed E-state index contributed by atoms with van der Waals surface area (Å²) in [5, 5.41) is 0. The van der Waals surface area contributed by atoms with E-state index in [4.69, 9.17) is 11.5 Å². The van der Waals surface area contributed by atoms with E-state index < -0.39 is 5.41 Å². The summed E-state index contributed by atoms with van der Waals surface area (Å²) in [4.78, 5) is 0. The lowest BCUT2D eigenvalue weighted by molar-refractivity contribution is 0.739. The van der Waals surface area contributed by atoms with Crippen LogP contribution in [0.5, 0.6) is 0 Å². The van der Waals surface area contributed by atoms with Gasteiger partial charge < -0.3 is 11.5 Å². The third-order valence-corrected chi connectivity index (χ3v) is 6.99. The van der Waals surface area contributed by atoms with Crippen LogP contribution in [-0.4, -0.2) is 0 Å². The van der Waals surface area contributed by atoms with E-state index in [1.54, 1.807) is 0 Å². The average molecular weight is 435 g/mol. The van der Waals surface area contributed by atoms with E-state index in [0.717, 1.165) is 35.3 Å². The summed E-state index contributed by atoms with van der Waals surface area (Å²) in [6, 6.07) is 30.8. The predicted molar refractivity (Wildman–Crippen MR) is 142 cm³/mol. The van der Waals surface area contributed by atoms with Gasteiger partial charge >= 0.3 is 0 Å². The Bertz CT molecular complexity index is 1160. The molecule has 0 unspecified atom stereocenters. The topological polar surface area (TPSA) is 52.0 Å². The molecule has 4 aromatic rings. The van der Waals surface area contributed by atoms with Crippen LogP contribution in [0.15, 0.2) is 84.9 Å². The van der Waals surface area contributed by atoms with Crippen molar-refractivity contribution in [2.75, 3.05) is 11.5 Å². The first-order valence-corrected chi connectivity index (χ1v) is 11.8. The number of anilines is 2. The van der Waals surface area contributed by atoms with E-state index in [1.165, 1.54) is 33.4 Å².